The molecule has 0 spiro atoms. The molecule has 1 aliphatic heterocycles. The Morgan fingerprint density at radius 2 is 2.15 bits per heavy atom. The zero-order chi connectivity index (χ0) is 18.4. The van der Waals surface area contributed by atoms with Crippen molar-refractivity contribution in [2.75, 3.05) is 26.2 Å². The number of halogens is 2. The first-order valence-electron chi connectivity index (χ1n) is 9.39. The minimum atomic E-state index is -0.266. The van der Waals surface area contributed by atoms with E-state index in [1.54, 1.807) is 18.4 Å². The first kappa shape index (κ1) is 21.7. The van der Waals surface area contributed by atoms with Gasteiger partial charge in [-0.1, -0.05) is 6.92 Å². The lowest BCUT2D eigenvalue weighted by atomic mass is 10.0. The molecule has 1 saturated heterocycles. The van der Waals surface area contributed by atoms with E-state index in [1.165, 1.54) is 25.0 Å². The van der Waals surface area contributed by atoms with E-state index < -0.39 is 0 Å². The summed E-state index contributed by atoms with van der Waals surface area (Å²) in [6.07, 6.45) is 4.88. The van der Waals surface area contributed by atoms with Crippen LogP contribution in [0.4, 0.5) is 4.39 Å². The Kier molecular flexibility index (Phi) is 8.53. The van der Waals surface area contributed by atoms with Gasteiger partial charge in [0, 0.05) is 38.2 Å². The van der Waals surface area contributed by atoms with Gasteiger partial charge >= 0.3 is 0 Å². The zero-order valence-electron chi connectivity index (χ0n) is 15.9. The molecule has 1 aromatic heterocycles. The number of rotatable bonds is 5. The van der Waals surface area contributed by atoms with Crippen LogP contribution in [0.1, 0.15) is 32.4 Å². The fraction of sp³-hybridized carbons (Fsp3) is 0.500. The van der Waals surface area contributed by atoms with Crippen LogP contribution in [0, 0.1) is 11.7 Å². The van der Waals surface area contributed by atoms with Gasteiger partial charge in [-0.15, -0.1) is 24.0 Å². The predicted molar refractivity (Wildman–Crippen MR) is 117 cm³/mol. The number of piperidine rings is 1. The summed E-state index contributed by atoms with van der Waals surface area (Å²) < 4.78 is 18.5. The maximum absolute atomic E-state index is 13.0. The average Bonchev–Trinajstić information content (AvgIpc) is 3.10. The molecule has 27 heavy (non-hydrogen) atoms. The highest BCUT2D eigenvalue weighted by atomic mass is 127. The van der Waals surface area contributed by atoms with E-state index in [9.17, 15) is 4.39 Å². The van der Waals surface area contributed by atoms with Crippen LogP contribution in [0.15, 0.2) is 39.9 Å². The molecule has 1 fully saturated rings. The van der Waals surface area contributed by atoms with Crippen LogP contribution in [0.25, 0.3) is 11.5 Å². The van der Waals surface area contributed by atoms with E-state index in [-0.39, 0.29) is 29.8 Å². The minimum absolute atomic E-state index is 0. The van der Waals surface area contributed by atoms with Crippen molar-refractivity contribution in [1.82, 2.24) is 15.2 Å². The van der Waals surface area contributed by atoms with Crippen LogP contribution in [0.5, 0.6) is 0 Å². The SMILES string of the molecule is CCNC(=NCCc1coc(-c2ccc(F)cc2)n1)N1CCCC(C)C1.I. The van der Waals surface area contributed by atoms with Crippen molar-refractivity contribution >= 4 is 29.9 Å². The van der Waals surface area contributed by atoms with Crippen LogP contribution in [0.3, 0.4) is 0 Å². The van der Waals surface area contributed by atoms with Gasteiger partial charge in [-0.25, -0.2) is 9.37 Å². The molecule has 0 radical (unpaired) electrons. The van der Waals surface area contributed by atoms with Crippen molar-refractivity contribution in [2.24, 2.45) is 10.9 Å². The largest absolute Gasteiger partial charge is 0.444 e. The van der Waals surface area contributed by atoms with Gasteiger partial charge in [-0.2, -0.15) is 0 Å². The van der Waals surface area contributed by atoms with Gasteiger partial charge in [0.1, 0.15) is 12.1 Å². The predicted octanol–water partition coefficient (Wildman–Crippen LogP) is 4.34. The molecule has 1 aromatic carbocycles. The third kappa shape index (κ3) is 6.19. The Bertz CT molecular complexity index is 732. The molecule has 0 saturated carbocycles. The summed E-state index contributed by atoms with van der Waals surface area (Å²) in [5.74, 6) is 1.95. The average molecular weight is 486 g/mol. The van der Waals surface area contributed by atoms with Crippen molar-refractivity contribution in [1.29, 1.82) is 0 Å². The van der Waals surface area contributed by atoms with Crippen molar-refractivity contribution in [3.63, 3.8) is 0 Å². The van der Waals surface area contributed by atoms with Crippen LogP contribution in [-0.2, 0) is 6.42 Å². The number of likely N-dealkylation sites (tertiary alicyclic amines) is 1. The molecule has 1 atom stereocenters. The number of oxazole rings is 1. The molecule has 0 aliphatic carbocycles. The highest BCUT2D eigenvalue weighted by molar-refractivity contribution is 14.0. The number of nitrogens with one attached hydrogen (secondary N) is 1. The van der Waals surface area contributed by atoms with Gasteiger partial charge in [-0.3, -0.25) is 4.99 Å². The number of hydrogen-bond donors (Lipinski definition) is 1. The van der Waals surface area contributed by atoms with Gasteiger partial charge < -0.3 is 14.6 Å². The van der Waals surface area contributed by atoms with Crippen LogP contribution >= 0.6 is 24.0 Å². The highest BCUT2D eigenvalue weighted by Crippen LogP contribution is 2.19. The Labute approximate surface area is 177 Å². The van der Waals surface area contributed by atoms with E-state index in [1.807, 2.05) is 0 Å². The Morgan fingerprint density at radius 1 is 1.37 bits per heavy atom. The number of benzene rings is 1. The van der Waals surface area contributed by atoms with Crippen molar-refractivity contribution in [2.45, 2.75) is 33.1 Å². The molecule has 1 aliphatic rings. The van der Waals surface area contributed by atoms with E-state index in [0.29, 0.717) is 24.8 Å². The lowest BCUT2D eigenvalue weighted by Crippen LogP contribution is -2.46. The number of aromatic nitrogens is 1. The van der Waals surface area contributed by atoms with Crippen molar-refractivity contribution in [3.05, 3.63) is 42.0 Å². The van der Waals surface area contributed by atoms with Crippen LogP contribution in [0.2, 0.25) is 0 Å². The number of aliphatic imine (C=N–C) groups is 1. The molecule has 0 bridgehead atoms. The molecule has 5 nitrogen and oxygen atoms in total. The summed E-state index contributed by atoms with van der Waals surface area (Å²) in [7, 11) is 0. The summed E-state index contributed by atoms with van der Waals surface area (Å²) in [5, 5.41) is 3.39. The number of nitrogens with zero attached hydrogens (tertiary/aromatic N) is 3. The van der Waals surface area contributed by atoms with Gasteiger partial charge in [0.2, 0.25) is 5.89 Å². The fourth-order valence-electron chi connectivity index (χ4n) is 3.23. The molecule has 7 heteroatoms. The summed E-state index contributed by atoms with van der Waals surface area (Å²) >= 11 is 0. The maximum atomic E-state index is 13.0. The molecular formula is C20H28FIN4O. The van der Waals surface area contributed by atoms with E-state index in [0.717, 1.165) is 36.9 Å². The molecule has 2 aromatic rings. The monoisotopic (exact) mass is 486 g/mol. The lowest BCUT2D eigenvalue weighted by molar-refractivity contribution is 0.266. The second-order valence-corrected chi connectivity index (χ2v) is 6.83. The Morgan fingerprint density at radius 3 is 2.85 bits per heavy atom. The molecule has 0 amide bonds. The first-order valence-corrected chi connectivity index (χ1v) is 9.39. The third-order valence-electron chi connectivity index (χ3n) is 4.56. The van der Waals surface area contributed by atoms with Crippen LogP contribution < -0.4 is 5.32 Å². The van der Waals surface area contributed by atoms with E-state index in [4.69, 9.17) is 9.41 Å². The third-order valence-corrected chi connectivity index (χ3v) is 4.56. The summed E-state index contributed by atoms with van der Waals surface area (Å²) in [6, 6.07) is 6.16. The summed E-state index contributed by atoms with van der Waals surface area (Å²) in [4.78, 5) is 11.6. The topological polar surface area (TPSA) is 53.7 Å². The fourth-order valence-corrected chi connectivity index (χ4v) is 3.23. The quantitative estimate of drug-likeness (QED) is 0.388. The van der Waals surface area contributed by atoms with Crippen molar-refractivity contribution < 1.29 is 8.81 Å². The second-order valence-electron chi connectivity index (χ2n) is 6.83. The smallest absolute Gasteiger partial charge is 0.226 e. The molecule has 1 N–H and O–H groups in total. The molecule has 1 unspecified atom stereocenters. The Balaban J connectivity index is 0.00000261. The summed E-state index contributed by atoms with van der Waals surface area (Å²) in [6.45, 7) is 8.03. The van der Waals surface area contributed by atoms with Gasteiger partial charge in [-0.05, 0) is 49.9 Å². The van der Waals surface area contributed by atoms with Crippen LogP contribution in [-0.4, -0.2) is 42.0 Å². The number of guanidine groups is 1. The van der Waals surface area contributed by atoms with Gasteiger partial charge in [0.15, 0.2) is 5.96 Å². The molecular weight excluding hydrogens is 458 g/mol. The summed E-state index contributed by atoms with van der Waals surface area (Å²) in [5.41, 5.74) is 1.63. The Hall–Kier alpha value is -1.64. The van der Waals surface area contributed by atoms with E-state index in [2.05, 4.69) is 29.0 Å². The number of hydrogen-bond acceptors (Lipinski definition) is 3. The molecule has 2 heterocycles. The first-order chi connectivity index (χ1) is 12.7. The van der Waals surface area contributed by atoms with Gasteiger partial charge in [0.05, 0.1) is 5.69 Å². The second kappa shape index (κ2) is 10.6. The zero-order valence-corrected chi connectivity index (χ0v) is 18.3. The highest BCUT2D eigenvalue weighted by Gasteiger charge is 2.19. The maximum Gasteiger partial charge on any atom is 0.226 e. The lowest BCUT2D eigenvalue weighted by Gasteiger charge is -2.33. The van der Waals surface area contributed by atoms with Crippen molar-refractivity contribution in [3.8, 4) is 11.5 Å². The molecule has 148 valence electrons. The minimum Gasteiger partial charge on any atom is -0.444 e. The van der Waals surface area contributed by atoms with Gasteiger partial charge in [0.25, 0.3) is 0 Å². The standard InChI is InChI=1S/C20H27FN4O.HI/c1-3-22-20(25-12-4-5-15(2)13-25)23-11-10-18-14-26-19(24-18)16-6-8-17(21)9-7-16;/h6-9,14-15H,3-5,10-13H2,1-2H3,(H,22,23);1H. The molecule has 3 rings (SSSR count). The normalized spacial score (nSPS) is 17.5. The van der Waals surface area contributed by atoms with E-state index >= 15 is 0 Å².